The van der Waals surface area contributed by atoms with Gasteiger partial charge in [-0.3, -0.25) is 0 Å². The minimum Gasteiger partial charge on any atom is -0.504 e. The van der Waals surface area contributed by atoms with Gasteiger partial charge in [0.2, 0.25) is 0 Å². The molecule has 0 atom stereocenters. The van der Waals surface area contributed by atoms with Crippen molar-refractivity contribution in [2.75, 3.05) is 0 Å². The lowest BCUT2D eigenvalue weighted by atomic mass is 10.1. The molecular formula is C20H22O2. The van der Waals surface area contributed by atoms with Crippen LogP contribution < -0.4 is 0 Å². The third-order valence-electron chi connectivity index (χ3n) is 2.87. The number of benzene rings is 2. The maximum atomic E-state index is 10.5. The Morgan fingerprint density at radius 1 is 0.818 bits per heavy atom. The number of aliphatic hydroxyl groups excluding tert-OH is 1. The highest BCUT2D eigenvalue weighted by molar-refractivity contribution is 5.62. The van der Waals surface area contributed by atoms with Gasteiger partial charge in [0.15, 0.2) is 11.5 Å². The van der Waals surface area contributed by atoms with Gasteiger partial charge in [0.1, 0.15) is 5.60 Å². The first kappa shape index (κ1) is 15.9. The fraction of sp³-hybridized carbons (Fsp3) is 0.200. The van der Waals surface area contributed by atoms with Gasteiger partial charge in [-0.2, -0.15) is 0 Å². The van der Waals surface area contributed by atoms with Crippen LogP contribution in [0.5, 0.6) is 0 Å². The van der Waals surface area contributed by atoms with Crippen LogP contribution in [0.3, 0.4) is 0 Å². The molecule has 0 saturated carbocycles. The van der Waals surface area contributed by atoms with Gasteiger partial charge in [-0.1, -0.05) is 60.7 Å². The molecule has 0 aliphatic carbocycles. The van der Waals surface area contributed by atoms with E-state index in [9.17, 15) is 5.11 Å². The molecule has 0 radical (unpaired) electrons. The third kappa shape index (κ3) is 5.13. The van der Waals surface area contributed by atoms with Gasteiger partial charge in [0.05, 0.1) is 0 Å². The van der Waals surface area contributed by atoms with Gasteiger partial charge < -0.3 is 9.84 Å². The minimum absolute atomic E-state index is 0.116. The van der Waals surface area contributed by atoms with Crippen LogP contribution in [0.4, 0.5) is 0 Å². The zero-order valence-corrected chi connectivity index (χ0v) is 13.3. The summed E-state index contributed by atoms with van der Waals surface area (Å²) in [6, 6.07) is 19.5. The number of aliphatic hydroxyl groups is 1. The van der Waals surface area contributed by atoms with Gasteiger partial charge in [-0.05, 0) is 44.1 Å². The molecule has 0 amide bonds. The summed E-state index contributed by atoms with van der Waals surface area (Å²) in [6.07, 6.45) is 3.56. The molecule has 2 heteroatoms. The van der Waals surface area contributed by atoms with Crippen LogP contribution in [0.15, 0.2) is 72.2 Å². The van der Waals surface area contributed by atoms with Gasteiger partial charge in [0.25, 0.3) is 0 Å². The maximum absolute atomic E-state index is 10.5. The molecule has 2 nitrogen and oxygen atoms in total. The summed E-state index contributed by atoms with van der Waals surface area (Å²) in [7, 11) is 0. The monoisotopic (exact) mass is 294 g/mol. The third-order valence-corrected chi connectivity index (χ3v) is 2.87. The van der Waals surface area contributed by atoms with E-state index in [4.69, 9.17) is 4.74 Å². The second-order valence-electron chi connectivity index (χ2n) is 6.07. The molecular weight excluding hydrogens is 272 g/mol. The van der Waals surface area contributed by atoms with E-state index in [-0.39, 0.29) is 11.4 Å². The molecule has 22 heavy (non-hydrogen) atoms. The Bertz CT molecular complexity index is 647. The Kier molecular flexibility index (Phi) is 5.05. The molecule has 0 aliphatic rings. The Balaban J connectivity index is 2.36. The molecule has 0 saturated heterocycles. The average molecular weight is 294 g/mol. The minimum atomic E-state index is -0.390. The molecule has 0 spiro atoms. The molecule has 0 aromatic heterocycles. The first-order chi connectivity index (χ1) is 10.4. The van der Waals surface area contributed by atoms with Gasteiger partial charge >= 0.3 is 0 Å². The number of hydrogen-bond donors (Lipinski definition) is 1. The van der Waals surface area contributed by atoms with E-state index < -0.39 is 0 Å². The lowest BCUT2D eigenvalue weighted by Crippen LogP contribution is -2.19. The zero-order chi connectivity index (χ0) is 16.0. The molecule has 1 N–H and O–H groups in total. The van der Waals surface area contributed by atoms with Crippen molar-refractivity contribution in [2.45, 2.75) is 26.4 Å². The summed E-state index contributed by atoms with van der Waals surface area (Å²) in [4.78, 5) is 0. The first-order valence-electron chi connectivity index (χ1n) is 7.36. The van der Waals surface area contributed by atoms with E-state index in [0.29, 0.717) is 5.76 Å². The van der Waals surface area contributed by atoms with Crippen molar-refractivity contribution >= 4 is 12.2 Å². The van der Waals surface area contributed by atoms with Crippen molar-refractivity contribution in [3.8, 4) is 0 Å². The Morgan fingerprint density at radius 2 is 1.27 bits per heavy atom. The standard InChI is InChI=1S/C20H22O2/c1-20(2,3)22-19(15-17-12-8-5-9-13-17)18(21)14-16-10-6-4-7-11-16/h4-15,21H,1-3H3. The van der Waals surface area contributed by atoms with Crippen LogP contribution in [-0.2, 0) is 4.74 Å². The summed E-state index contributed by atoms with van der Waals surface area (Å²) in [6.45, 7) is 5.88. The Labute approximate surface area is 132 Å². The SMILES string of the molecule is CC(C)(C)OC(=Cc1ccccc1)C(O)=Cc1ccccc1. The highest BCUT2D eigenvalue weighted by Gasteiger charge is 2.16. The fourth-order valence-electron chi connectivity index (χ4n) is 1.96. The predicted molar refractivity (Wildman–Crippen MR) is 92.3 cm³/mol. The summed E-state index contributed by atoms with van der Waals surface area (Å²) in [5.74, 6) is 0.576. The topological polar surface area (TPSA) is 29.5 Å². The lowest BCUT2D eigenvalue weighted by molar-refractivity contribution is 0.0500. The van der Waals surface area contributed by atoms with E-state index in [1.165, 1.54) is 0 Å². The smallest absolute Gasteiger partial charge is 0.162 e. The molecule has 2 aromatic rings. The summed E-state index contributed by atoms with van der Waals surface area (Å²) >= 11 is 0. The fourth-order valence-corrected chi connectivity index (χ4v) is 1.96. The highest BCUT2D eigenvalue weighted by atomic mass is 16.5. The van der Waals surface area contributed by atoms with Crippen molar-refractivity contribution in [1.82, 2.24) is 0 Å². The Morgan fingerprint density at radius 3 is 1.73 bits per heavy atom. The van der Waals surface area contributed by atoms with E-state index >= 15 is 0 Å². The Hall–Kier alpha value is -2.48. The normalized spacial score (nSPS) is 13.0. The van der Waals surface area contributed by atoms with E-state index in [2.05, 4.69) is 0 Å². The van der Waals surface area contributed by atoms with Crippen LogP contribution in [-0.4, -0.2) is 10.7 Å². The molecule has 0 heterocycles. The second-order valence-corrected chi connectivity index (χ2v) is 6.07. The van der Waals surface area contributed by atoms with Gasteiger partial charge in [0, 0.05) is 0 Å². The largest absolute Gasteiger partial charge is 0.504 e. The first-order valence-corrected chi connectivity index (χ1v) is 7.36. The predicted octanol–water partition coefficient (Wildman–Crippen LogP) is 5.44. The van der Waals surface area contributed by atoms with Crippen LogP contribution >= 0.6 is 0 Å². The molecule has 2 rings (SSSR count). The quantitative estimate of drug-likeness (QED) is 0.601. The van der Waals surface area contributed by atoms with Crippen molar-refractivity contribution < 1.29 is 9.84 Å². The molecule has 114 valence electrons. The van der Waals surface area contributed by atoms with Gasteiger partial charge in [-0.15, -0.1) is 0 Å². The summed E-state index contributed by atoms with van der Waals surface area (Å²) in [5.41, 5.74) is 1.52. The van der Waals surface area contributed by atoms with Crippen LogP contribution in [0.25, 0.3) is 12.2 Å². The molecule has 0 fully saturated rings. The molecule has 0 aliphatic heterocycles. The van der Waals surface area contributed by atoms with Crippen LogP contribution in [0, 0.1) is 0 Å². The lowest BCUT2D eigenvalue weighted by Gasteiger charge is -2.23. The number of hydrogen-bond acceptors (Lipinski definition) is 2. The van der Waals surface area contributed by atoms with E-state index in [1.807, 2.05) is 87.5 Å². The molecule has 0 unspecified atom stereocenters. The van der Waals surface area contributed by atoms with E-state index in [1.54, 1.807) is 6.08 Å². The second kappa shape index (κ2) is 6.99. The maximum Gasteiger partial charge on any atom is 0.162 e. The summed E-state index contributed by atoms with van der Waals surface area (Å²) in [5, 5.41) is 10.5. The average Bonchev–Trinajstić information content (AvgIpc) is 2.47. The highest BCUT2D eigenvalue weighted by Crippen LogP contribution is 2.23. The summed E-state index contributed by atoms with van der Waals surface area (Å²) < 4.78 is 5.92. The molecule has 0 bridgehead atoms. The van der Waals surface area contributed by atoms with Crippen molar-refractivity contribution in [2.24, 2.45) is 0 Å². The number of rotatable bonds is 4. The van der Waals surface area contributed by atoms with Crippen molar-refractivity contribution in [1.29, 1.82) is 0 Å². The molecule has 2 aromatic carbocycles. The number of ether oxygens (including phenoxy) is 1. The zero-order valence-electron chi connectivity index (χ0n) is 13.3. The van der Waals surface area contributed by atoms with Gasteiger partial charge in [-0.25, -0.2) is 0 Å². The van der Waals surface area contributed by atoms with E-state index in [0.717, 1.165) is 11.1 Å². The van der Waals surface area contributed by atoms with Crippen LogP contribution in [0.2, 0.25) is 0 Å². The van der Waals surface area contributed by atoms with Crippen molar-refractivity contribution in [3.63, 3.8) is 0 Å². The van der Waals surface area contributed by atoms with Crippen LogP contribution in [0.1, 0.15) is 31.9 Å². The van der Waals surface area contributed by atoms with Crippen molar-refractivity contribution in [3.05, 3.63) is 83.3 Å².